The zero-order valence-electron chi connectivity index (χ0n) is 11.6. The number of piperidine rings is 1. The molecule has 0 aliphatic carbocycles. The number of hydrogen-bond acceptors (Lipinski definition) is 3. The average Bonchev–Trinajstić information content (AvgIpc) is 2.46. The molecule has 0 saturated carbocycles. The van der Waals surface area contributed by atoms with E-state index in [1.54, 1.807) is 0 Å². The number of nitrogens with one attached hydrogen (secondary N) is 1. The first-order valence-electron chi connectivity index (χ1n) is 7.25. The normalized spacial score (nSPS) is 17.4. The molecule has 1 aliphatic heterocycles. The van der Waals surface area contributed by atoms with E-state index >= 15 is 0 Å². The standard InChI is InChI=1S/C15H25N3/c1-3-13(4-2)17-14-8-11-18(12-9-14)15-7-5-6-10-16-15/h5-7,10,13-14,17H,3-4,8-9,11-12H2,1-2H3. The molecule has 1 aromatic rings. The van der Waals surface area contributed by atoms with Crippen molar-refractivity contribution >= 4 is 5.82 Å². The Labute approximate surface area is 111 Å². The molecule has 1 fully saturated rings. The first-order valence-corrected chi connectivity index (χ1v) is 7.25. The van der Waals surface area contributed by atoms with Crippen molar-refractivity contribution in [2.45, 2.75) is 51.6 Å². The third-order valence-corrected chi connectivity index (χ3v) is 3.93. The minimum atomic E-state index is 0.690. The van der Waals surface area contributed by atoms with E-state index in [0.717, 1.165) is 18.9 Å². The van der Waals surface area contributed by atoms with Crippen molar-refractivity contribution < 1.29 is 0 Å². The van der Waals surface area contributed by atoms with Gasteiger partial charge in [0.15, 0.2) is 0 Å². The van der Waals surface area contributed by atoms with Gasteiger partial charge < -0.3 is 10.2 Å². The lowest BCUT2D eigenvalue weighted by Gasteiger charge is -2.35. The van der Waals surface area contributed by atoms with Crippen LogP contribution in [0.5, 0.6) is 0 Å². The number of hydrogen-bond donors (Lipinski definition) is 1. The minimum absolute atomic E-state index is 0.690. The van der Waals surface area contributed by atoms with E-state index in [4.69, 9.17) is 0 Å². The van der Waals surface area contributed by atoms with Gasteiger partial charge in [-0.25, -0.2) is 4.98 Å². The molecule has 1 aromatic heterocycles. The van der Waals surface area contributed by atoms with Crippen LogP contribution in [0.15, 0.2) is 24.4 Å². The molecule has 3 nitrogen and oxygen atoms in total. The highest BCUT2D eigenvalue weighted by atomic mass is 15.2. The Morgan fingerprint density at radius 2 is 2.00 bits per heavy atom. The lowest BCUT2D eigenvalue weighted by atomic mass is 10.0. The van der Waals surface area contributed by atoms with E-state index < -0.39 is 0 Å². The fraction of sp³-hybridized carbons (Fsp3) is 0.667. The van der Waals surface area contributed by atoms with E-state index in [2.05, 4.69) is 41.2 Å². The van der Waals surface area contributed by atoms with Gasteiger partial charge in [0.1, 0.15) is 5.82 Å². The van der Waals surface area contributed by atoms with Crippen LogP contribution in [0, 0.1) is 0 Å². The van der Waals surface area contributed by atoms with Crippen LogP contribution < -0.4 is 10.2 Å². The van der Waals surface area contributed by atoms with Crippen molar-refractivity contribution in [3.05, 3.63) is 24.4 Å². The molecule has 0 amide bonds. The van der Waals surface area contributed by atoms with Gasteiger partial charge in [0.2, 0.25) is 0 Å². The fourth-order valence-electron chi connectivity index (χ4n) is 2.67. The topological polar surface area (TPSA) is 28.2 Å². The summed E-state index contributed by atoms with van der Waals surface area (Å²) in [4.78, 5) is 6.82. The summed E-state index contributed by atoms with van der Waals surface area (Å²) in [5.41, 5.74) is 0. The van der Waals surface area contributed by atoms with Gasteiger partial charge in [0.25, 0.3) is 0 Å². The predicted molar refractivity (Wildman–Crippen MR) is 77.0 cm³/mol. The maximum atomic E-state index is 4.43. The van der Waals surface area contributed by atoms with Crippen LogP contribution in [-0.4, -0.2) is 30.2 Å². The summed E-state index contributed by atoms with van der Waals surface area (Å²) < 4.78 is 0. The van der Waals surface area contributed by atoms with Gasteiger partial charge in [-0.2, -0.15) is 0 Å². The summed E-state index contributed by atoms with van der Waals surface area (Å²) in [7, 11) is 0. The summed E-state index contributed by atoms with van der Waals surface area (Å²) in [6.07, 6.45) is 6.80. The molecule has 1 aliphatic rings. The van der Waals surface area contributed by atoms with Crippen LogP contribution in [0.4, 0.5) is 5.82 Å². The Balaban J connectivity index is 1.81. The highest BCUT2D eigenvalue weighted by molar-refractivity contribution is 5.38. The predicted octanol–water partition coefficient (Wildman–Crippen LogP) is 2.83. The second kappa shape index (κ2) is 6.74. The molecular weight excluding hydrogens is 222 g/mol. The summed E-state index contributed by atoms with van der Waals surface area (Å²) in [6.45, 7) is 6.78. The van der Waals surface area contributed by atoms with Crippen molar-refractivity contribution in [1.29, 1.82) is 0 Å². The number of nitrogens with zero attached hydrogens (tertiary/aromatic N) is 2. The van der Waals surface area contributed by atoms with E-state index in [1.807, 2.05) is 12.3 Å². The van der Waals surface area contributed by atoms with Gasteiger partial charge in [-0.05, 0) is 37.8 Å². The highest BCUT2D eigenvalue weighted by Gasteiger charge is 2.21. The first kappa shape index (κ1) is 13.3. The fourth-order valence-corrected chi connectivity index (χ4v) is 2.67. The monoisotopic (exact) mass is 247 g/mol. The van der Waals surface area contributed by atoms with E-state index in [9.17, 15) is 0 Å². The first-order chi connectivity index (χ1) is 8.83. The maximum Gasteiger partial charge on any atom is 0.128 e. The van der Waals surface area contributed by atoms with Crippen molar-refractivity contribution in [1.82, 2.24) is 10.3 Å². The van der Waals surface area contributed by atoms with Crippen molar-refractivity contribution in [3.8, 4) is 0 Å². The van der Waals surface area contributed by atoms with Gasteiger partial charge in [-0.3, -0.25) is 0 Å². The van der Waals surface area contributed by atoms with Crippen LogP contribution in [0.1, 0.15) is 39.5 Å². The Morgan fingerprint density at radius 3 is 2.56 bits per heavy atom. The molecule has 0 atom stereocenters. The van der Waals surface area contributed by atoms with Crippen LogP contribution >= 0.6 is 0 Å². The molecule has 0 aromatic carbocycles. The molecule has 0 spiro atoms. The average molecular weight is 247 g/mol. The molecule has 2 rings (SSSR count). The van der Waals surface area contributed by atoms with Gasteiger partial charge >= 0.3 is 0 Å². The van der Waals surface area contributed by atoms with Gasteiger partial charge in [-0.1, -0.05) is 19.9 Å². The summed E-state index contributed by atoms with van der Waals surface area (Å²) >= 11 is 0. The van der Waals surface area contributed by atoms with Crippen molar-refractivity contribution in [2.24, 2.45) is 0 Å². The number of rotatable bonds is 5. The van der Waals surface area contributed by atoms with E-state index in [0.29, 0.717) is 12.1 Å². The molecule has 2 heterocycles. The van der Waals surface area contributed by atoms with Crippen molar-refractivity contribution in [2.75, 3.05) is 18.0 Å². The van der Waals surface area contributed by atoms with Crippen LogP contribution in [-0.2, 0) is 0 Å². The SMILES string of the molecule is CCC(CC)NC1CCN(c2ccccn2)CC1. The summed E-state index contributed by atoms with van der Waals surface area (Å²) in [6, 6.07) is 7.53. The van der Waals surface area contributed by atoms with Crippen molar-refractivity contribution in [3.63, 3.8) is 0 Å². The Hall–Kier alpha value is -1.09. The van der Waals surface area contributed by atoms with Crippen LogP contribution in [0.2, 0.25) is 0 Å². The lowest BCUT2D eigenvalue weighted by Crippen LogP contribution is -2.46. The molecule has 3 heteroatoms. The number of pyridine rings is 1. The third kappa shape index (κ3) is 3.45. The Bertz CT molecular complexity index is 327. The third-order valence-electron chi connectivity index (χ3n) is 3.93. The number of anilines is 1. The Morgan fingerprint density at radius 1 is 1.28 bits per heavy atom. The Kier molecular flexibility index (Phi) is 5.00. The molecular formula is C15H25N3. The van der Waals surface area contributed by atoms with Crippen LogP contribution in [0.25, 0.3) is 0 Å². The smallest absolute Gasteiger partial charge is 0.128 e. The van der Waals surface area contributed by atoms with E-state index in [1.165, 1.54) is 25.7 Å². The zero-order chi connectivity index (χ0) is 12.8. The van der Waals surface area contributed by atoms with Crippen LogP contribution in [0.3, 0.4) is 0 Å². The molecule has 1 saturated heterocycles. The summed E-state index contributed by atoms with van der Waals surface area (Å²) in [5, 5.41) is 3.78. The molecule has 0 bridgehead atoms. The van der Waals surface area contributed by atoms with E-state index in [-0.39, 0.29) is 0 Å². The molecule has 0 radical (unpaired) electrons. The number of aromatic nitrogens is 1. The van der Waals surface area contributed by atoms with Gasteiger partial charge in [-0.15, -0.1) is 0 Å². The second-order valence-electron chi connectivity index (χ2n) is 5.13. The largest absolute Gasteiger partial charge is 0.357 e. The summed E-state index contributed by atoms with van der Waals surface area (Å²) in [5.74, 6) is 1.12. The maximum absolute atomic E-state index is 4.43. The second-order valence-corrected chi connectivity index (χ2v) is 5.13. The molecule has 100 valence electrons. The molecule has 18 heavy (non-hydrogen) atoms. The minimum Gasteiger partial charge on any atom is -0.357 e. The lowest BCUT2D eigenvalue weighted by molar-refractivity contribution is 0.353. The molecule has 1 N–H and O–H groups in total. The molecule has 0 unspecified atom stereocenters. The quantitative estimate of drug-likeness (QED) is 0.867. The van der Waals surface area contributed by atoms with Gasteiger partial charge in [0.05, 0.1) is 0 Å². The van der Waals surface area contributed by atoms with Gasteiger partial charge in [0, 0.05) is 31.4 Å². The highest BCUT2D eigenvalue weighted by Crippen LogP contribution is 2.18. The zero-order valence-corrected chi connectivity index (χ0v) is 11.6.